The third-order valence-electron chi connectivity index (χ3n) is 3.47. The van der Waals surface area contributed by atoms with Crippen molar-refractivity contribution < 1.29 is 70.9 Å². The van der Waals surface area contributed by atoms with Crippen molar-refractivity contribution in [1.82, 2.24) is 5.32 Å². The summed E-state index contributed by atoms with van der Waals surface area (Å²) >= 11 is 0. The molecule has 0 radical (unpaired) electrons. The van der Waals surface area contributed by atoms with Gasteiger partial charge in [0.25, 0.3) is 0 Å². The zero-order chi connectivity index (χ0) is 22.2. The van der Waals surface area contributed by atoms with Crippen LogP contribution in [0.3, 0.4) is 0 Å². The molecule has 6 atom stereocenters. The first-order valence-corrected chi connectivity index (χ1v) is 11.9. The average Bonchev–Trinajstić information content (AvgIpc) is 2.80. The van der Waals surface area contributed by atoms with Crippen LogP contribution in [0, 0.1) is 4.91 Å². The second kappa shape index (κ2) is 8.69. The fourth-order valence-corrected chi connectivity index (χ4v) is 5.38. The highest BCUT2D eigenvalue weighted by atomic mass is 31.3. The quantitative estimate of drug-likeness (QED) is 0.148. The van der Waals surface area contributed by atoms with E-state index in [9.17, 15) is 38.5 Å². The smallest absolute Gasteiger partial charge is 0.387 e. The number of hydrogen-bond donors (Lipinski definition) is 7. The largest absolute Gasteiger partial charge is 0.534 e. The monoisotopic (exact) mass is 485 g/mol. The fraction of sp³-hybridized carbons (Fsp3) is 0.667. The van der Waals surface area contributed by atoms with Gasteiger partial charge in [-0.2, -0.15) is 13.4 Å². The lowest BCUT2D eigenvalue weighted by atomic mass is 10.0. The van der Waals surface area contributed by atoms with Gasteiger partial charge in [0.1, 0.15) is 31.0 Å². The summed E-state index contributed by atoms with van der Waals surface area (Å²) in [5, 5.41) is 22.1. The zero-order valence-electron chi connectivity index (χ0n) is 13.9. The lowest BCUT2D eigenvalue weighted by molar-refractivity contribution is -0.379. The van der Waals surface area contributed by atoms with Crippen LogP contribution in [0.4, 0.5) is 4.79 Å². The summed E-state index contributed by atoms with van der Waals surface area (Å²) in [4.78, 5) is 57.7. The Bertz CT molecular complexity index is 852. The van der Waals surface area contributed by atoms with Gasteiger partial charge in [-0.3, -0.25) is 4.52 Å². The first-order chi connectivity index (χ1) is 13.1. The Hall–Kier alpha value is -0.900. The van der Waals surface area contributed by atoms with Crippen LogP contribution in [0.5, 0.6) is 0 Å². The van der Waals surface area contributed by atoms with E-state index in [0.717, 1.165) is 6.20 Å². The summed E-state index contributed by atoms with van der Waals surface area (Å²) < 4.78 is 49.9. The Kier molecular flexibility index (Phi) is 7.30. The molecule has 2 rings (SSSR count). The molecule has 7 N–H and O–H groups in total. The molecule has 2 aliphatic rings. The number of nitroso groups, excluding NO2 is 1. The van der Waals surface area contributed by atoms with Crippen molar-refractivity contribution in [2.24, 2.45) is 0 Å². The van der Waals surface area contributed by atoms with Crippen molar-refractivity contribution in [2.75, 3.05) is 13.2 Å². The van der Waals surface area contributed by atoms with Crippen molar-refractivity contribution in [3.8, 4) is 0 Å². The van der Waals surface area contributed by atoms with Gasteiger partial charge in [-0.05, 0) is 0 Å². The minimum Gasteiger partial charge on any atom is -0.387 e. The molecule has 17 nitrogen and oxygen atoms in total. The molecule has 0 saturated carbocycles. The van der Waals surface area contributed by atoms with Gasteiger partial charge < -0.3 is 34.5 Å². The van der Waals surface area contributed by atoms with Crippen molar-refractivity contribution in [3.05, 3.63) is 16.7 Å². The molecule has 0 aromatic carbocycles. The van der Waals surface area contributed by atoms with Gasteiger partial charge >= 0.3 is 29.5 Å². The van der Waals surface area contributed by atoms with Crippen LogP contribution in [-0.2, 0) is 31.6 Å². The van der Waals surface area contributed by atoms with Gasteiger partial charge in [-0.25, -0.2) is 19.0 Å². The van der Waals surface area contributed by atoms with E-state index in [2.05, 4.69) is 18.5 Å². The molecule has 0 aromatic rings. The number of hydrogen-bond acceptors (Lipinski definition) is 11. The standard InChI is InChI=1S/C9H15N2O15P3/c12-6-5(3-23-28(19,20)26-29(21,22)25-27(16,17)18)24-8(7(6)13)4-1-10-9(14)11(15)2-4/h2,5-8,12-13H,1,3H2,(H4-,10,14,16,17,18,19,20,21,22)/p+1/t5-,6-,7-,8+/m1/s1. The highest BCUT2D eigenvalue weighted by Crippen LogP contribution is 2.66. The lowest BCUT2D eigenvalue weighted by Gasteiger charge is -2.19. The minimum atomic E-state index is -5.71. The Morgan fingerprint density at radius 3 is 2.28 bits per heavy atom. The molecule has 0 spiro atoms. The number of urea groups is 1. The number of carbonyl (C=O) groups is 1. The van der Waals surface area contributed by atoms with E-state index in [4.69, 9.17) is 19.4 Å². The van der Waals surface area contributed by atoms with Gasteiger partial charge in [0.2, 0.25) is 0 Å². The number of nitrogens with one attached hydrogen (secondary N) is 1. The maximum atomic E-state index is 11.7. The zero-order valence-corrected chi connectivity index (χ0v) is 16.6. The van der Waals surface area contributed by atoms with Crippen LogP contribution in [0.25, 0.3) is 0 Å². The van der Waals surface area contributed by atoms with Gasteiger partial charge in [0.05, 0.1) is 6.61 Å². The number of ether oxygens (including phenoxy) is 1. The van der Waals surface area contributed by atoms with E-state index in [1.165, 1.54) is 0 Å². The average molecular weight is 485 g/mol. The summed E-state index contributed by atoms with van der Waals surface area (Å²) in [5.74, 6) is 0. The number of amides is 2. The van der Waals surface area contributed by atoms with Crippen LogP contribution in [0.2, 0.25) is 0 Å². The Morgan fingerprint density at radius 1 is 1.10 bits per heavy atom. The molecule has 0 bridgehead atoms. The molecule has 1 saturated heterocycles. The van der Waals surface area contributed by atoms with Gasteiger partial charge in [0, 0.05) is 10.3 Å². The maximum Gasteiger partial charge on any atom is 0.534 e. The van der Waals surface area contributed by atoms with Crippen molar-refractivity contribution in [1.29, 1.82) is 0 Å². The third kappa shape index (κ3) is 6.80. The third-order valence-corrected chi connectivity index (χ3v) is 7.28. The number of rotatable bonds is 8. The van der Waals surface area contributed by atoms with Gasteiger partial charge in [0.15, 0.2) is 6.20 Å². The SMILES string of the molecule is O=C1NCC([C@@H]2O[C@H](COP(=O)(O)OP(=O)(O)OP(=O)(O)O)[C@@H](O)[C@H]2O)=C[N+]1=O. The molecule has 1 fully saturated rings. The number of aliphatic hydroxyl groups is 2. The summed E-state index contributed by atoms with van der Waals surface area (Å²) in [6.07, 6.45) is -5.36. The Morgan fingerprint density at radius 2 is 1.72 bits per heavy atom. The van der Waals surface area contributed by atoms with Crippen LogP contribution in [-0.4, -0.2) is 78.1 Å². The molecule has 29 heavy (non-hydrogen) atoms. The molecule has 0 aliphatic carbocycles. The number of aliphatic hydroxyl groups excluding tert-OH is 2. The Labute approximate surface area is 160 Å². The van der Waals surface area contributed by atoms with E-state index in [1.807, 2.05) is 0 Å². The predicted molar refractivity (Wildman–Crippen MR) is 85.6 cm³/mol. The van der Waals surface area contributed by atoms with Crippen molar-refractivity contribution in [3.63, 3.8) is 0 Å². The van der Waals surface area contributed by atoms with E-state index in [0.29, 0.717) is 0 Å². The van der Waals surface area contributed by atoms with E-state index in [1.54, 1.807) is 0 Å². The van der Waals surface area contributed by atoms with E-state index >= 15 is 0 Å². The highest BCUT2D eigenvalue weighted by Gasteiger charge is 2.48. The lowest BCUT2D eigenvalue weighted by Crippen LogP contribution is -2.41. The molecule has 2 aliphatic heterocycles. The molecule has 2 unspecified atom stereocenters. The van der Waals surface area contributed by atoms with Crippen LogP contribution >= 0.6 is 23.5 Å². The number of carbonyl (C=O) groups excluding carboxylic acids is 1. The van der Waals surface area contributed by atoms with Crippen LogP contribution < -0.4 is 5.32 Å². The summed E-state index contributed by atoms with van der Waals surface area (Å²) in [6.45, 7) is -1.20. The first-order valence-electron chi connectivity index (χ1n) is 7.35. The highest BCUT2D eigenvalue weighted by molar-refractivity contribution is 7.66. The predicted octanol–water partition coefficient (Wildman–Crippen LogP) is -1.80. The topological polar surface area (TPSA) is 259 Å². The number of phosphoric acid groups is 3. The first kappa shape index (κ1) is 24.4. The molecule has 2 heterocycles. The molecular weight excluding hydrogens is 469 g/mol. The molecular formula is C9H16N2O15P3+. The number of phosphoric ester groups is 1. The van der Waals surface area contributed by atoms with E-state index in [-0.39, 0.29) is 16.9 Å². The second-order valence-corrected chi connectivity index (χ2v) is 10.1. The van der Waals surface area contributed by atoms with Crippen molar-refractivity contribution in [2.45, 2.75) is 24.4 Å². The summed E-state index contributed by atoms with van der Waals surface area (Å²) in [5.41, 5.74) is 0.0620. The number of nitrogens with zero attached hydrogens (tertiary/aromatic N) is 1. The molecule has 2 amide bonds. The Balaban J connectivity index is 2.00. The van der Waals surface area contributed by atoms with Gasteiger partial charge in [-0.1, -0.05) is 4.91 Å². The van der Waals surface area contributed by atoms with Gasteiger partial charge in [-0.15, -0.1) is 0 Å². The molecule has 20 heteroatoms. The van der Waals surface area contributed by atoms with Crippen molar-refractivity contribution >= 4 is 29.5 Å². The second-order valence-electron chi connectivity index (χ2n) is 5.65. The molecule has 0 aromatic heterocycles. The normalized spacial score (nSPS) is 32.3. The maximum absolute atomic E-state index is 11.7. The van der Waals surface area contributed by atoms with E-state index < -0.39 is 60.5 Å². The fourth-order valence-electron chi connectivity index (χ4n) is 2.35. The van der Waals surface area contributed by atoms with Crippen LogP contribution in [0.15, 0.2) is 11.8 Å². The summed E-state index contributed by atoms with van der Waals surface area (Å²) in [7, 11) is -16.7. The summed E-state index contributed by atoms with van der Waals surface area (Å²) in [6, 6.07) is -0.967. The molecule has 166 valence electrons. The minimum absolute atomic E-state index is 0.0620. The van der Waals surface area contributed by atoms with Crippen LogP contribution in [0.1, 0.15) is 0 Å².